The molecule has 0 spiro atoms. The summed E-state index contributed by atoms with van der Waals surface area (Å²) in [5.74, 6) is 0.638. The first kappa shape index (κ1) is 11.7. The lowest BCUT2D eigenvalue weighted by Crippen LogP contribution is -1.94. The monoisotopic (exact) mass is 345 g/mol. The van der Waals surface area contributed by atoms with Crippen molar-refractivity contribution < 1.29 is 0 Å². The van der Waals surface area contributed by atoms with Crippen LogP contribution in [0, 0.1) is 17.4 Å². The number of pyridine rings is 1. The van der Waals surface area contributed by atoms with Crippen molar-refractivity contribution in [2.75, 3.05) is 0 Å². The molecule has 5 heteroatoms. The Balaban J connectivity index is 2.54. The number of hydrogen-bond donors (Lipinski definition) is 0. The highest BCUT2D eigenvalue weighted by Gasteiger charge is 2.06. The van der Waals surface area contributed by atoms with Gasteiger partial charge in [0.25, 0.3) is 0 Å². The Morgan fingerprint density at radius 1 is 1.12 bits per heavy atom. The number of hydrogen-bond acceptors (Lipinski definition) is 3. The maximum absolute atomic E-state index is 5.97. The molecule has 0 N–H and O–H groups in total. The highest BCUT2D eigenvalue weighted by Crippen LogP contribution is 2.21. The van der Waals surface area contributed by atoms with E-state index >= 15 is 0 Å². The van der Waals surface area contributed by atoms with Crippen LogP contribution >= 0.6 is 34.2 Å². The molecule has 0 unspecified atom stereocenters. The van der Waals surface area contributed by atoms with E-state index in [4.69, 9.17) is 11.6 Å². The second-order valence-electron chi connectivity index (χ2n) is 3.47. The molecule has 16 heavy (non-hydrogen) atoms. The average molecular weight is 346 g/mol. The third kappa shape index (κ3) is 2.49. The molecule has 3 nitrogen and oxygen atoms in total. The molecule has 82 valence electrons. The first-order valence-corrected chi connectivity index (χ1v) is 6.15. The van der Waals surface area contributed by atoms with E-state index in [0.717, 1.165) is 20.5 Å². The molecule has 2 aromatic rings. The quantitative estimate of drug-likeness (QED) is 0.587. The van der Waals surface area contributed by atoms with Crippen molar-refractivity contribution >= 4 is 34.2 Å². The van der Waals surface area contributed by atoms with E-state index in [9.17, 15) is 0 Å². The third-order valence-electron chi connectivity index (χ3n) is 2.04. The molecule has 0 amide bonds. The minimum absolute atomic E-state index is 0.484. The van der Waals surface area contributed by atoms with Gasteiger partial charge in [0.1, 0.15) is 5.15 Å². The van der Waals surface area contributed by atoms with Crippen molar-refractivity contribution in [2.24, 2.45) is 0 Å². The lowest BCUT2D eigenvalue weighted by Gasteiger charge is -2.04. The van der Waals surface area contributed by atoms with Crippen molar-refractivity contribution in [1.82, 2.24) is 15.0 Å². The molecule has 2 rings (SSSR count). The lowest BCUT2D eigenvalue weighted by atomic mass is 10.2. The predicted molar refractivity (Wildman–Crippen MR) is 72.5 cm³/mol. The number of halogens is 2. The summed E-state index contributed by atoms with van der Waals surface area (Å²) >= 11 is 8.07. The van der Waals surface area contributed by atoms with Crippen LogP contribution in [0.2, 0.25) is 5.15 Å². The molecule has 2 heterocycles. The SMILES string of the molecule is Cc1cc(-c2ncc(I)c(Cl)n2)cc(C)n1. The molecule has 0 aromatic carbocycles. The second-order valence-corrected chi connectivity index (χ2v) is 4.99. The van der Waals surface area contributed by atoms with Gasteiger partial charge in [0.2, 0.25) is 0 Å². The summed E-state index contributed by atoms with van der Waals surface area (Å²) in [5, 5.41) is 0.484. The third-order valence-corrected chi connectivity index (χ3v) is 3.44. The maximum atomic E-state index is 5.97. The van der Waals surface area contributed by atoms with Crippen LogP contribution in [-0.4, -0.2) is 15.0 Å². The van der Waals surface area contributed by atoms with Gasteiger partial charge in [0, 0.05) is 23.1 Å². The van der Waals surface area contributed by atoms with Gasteiger partial charge < -0.3 is 0 Å². The summed E-state index contributed by atoms with van der Waals surface area (Å²) in [6.45, 7) is 3.90. The molecule has 0 saturated carbocycles. The second kappa shape index (κ2) is 4.63. The highest BCUT2D eigenvalue weighted by atomic mass is 127. The van der Waals surface area contributed by atoms with Gasteiger partial charge in [0.05, 0.1) is 3.57 Å². The molecule has 0 atom stereocenters. The number of nitrogens with zero attached hydrogens (tertiary/aromatic N) is 3. The normalized spacial score (nSPS) is 10.5. The zero-order valence-electron chi connectivity index (χ0n) is 8.83. The van der Waals surface area contributed by atoms with E-state index in [2.05, 4.69) is 37.5 Å². The lowest BCUT2D eigenvalue weighted by molar-refractivity contribution is 1.10. The number of rotatable bonds is 1. The molecule has 2 aromatic heterocycles. The first-order valence-electron chi connectivity index (χ1n) is 4.70. The molecule has 0 radical (unpaired) electrons. The van der Waals surface area contributed by atoms with Crippen LogP contribution in [-0.2, 0) is 0 Å². The van der Waals surface area contributed by atoms with Gasteiger partial charge in [-0.3, -0.25) is 4.98 Å². The van der Waals surface area contributed by atoms with Gasteiger partial charge in [-0.05, 0) is 48.6 Å². The van der Waals surface area contributed by atoms with Gasteiger partial charge in [-0.15, -0.1) is 0 Å². The molecular formula is C11H9ClIN3. The van der Waals surface area contributed by atoms with E-state index in [-0.39, 0.29) is 0 Å². The Morgan fingerprint density at radius 3 is 2.31 bits per heavy atom. The molecule has 0 aliphatic heterocycles. The Morgan fingerprint density at radius 2 is 1.75 bits per heavy atom. The van der Waals surface area contributed by atoms with Crippen molar-refractivity contribution in [3.05, 3.63) is 38.4 Å². The van der Waals surface area contributed by atoms with Gasteiger partial charge in [-0.25, -0.2) is 9.97 Å². The van der Waals surface area contributed by atoms with Gasteiger partial charge in [-0.2, -0.15) is 0 Å². The predicted octanol–water partition coefficient (Wildman–Crippen LogP) is 3.41. The van der Waals surface area contributed by atoms with Gasteiger partial charge >= 0.3 is 0 Å². The van der Waals surface area contributed by atoms with Crippen molar-refractivity contribution in [1.29, 1.82) is 0 Å². The standard InChI is InChI=1S/C11H9ClIN3/c1-6-3-8(4-7(2)15-6)11-14-5-9(13)10(12)16-11/h3-5H,1-2H3. The van der Waals surface area contributed by atoms with Crippen LogP contribution in [0.4, 0.5) is 0 Å². The minimum atomic E-state index is 0.484. The fourth-order valence-corrected chi connectivity index (χ4v) is 1.84. The van der Waals surface area contributed by atoms with E-state index in [1.165, 1.54) is 0 Å². The minimum Gasteiger partial charge on any atom is -0.258 e. The average Bonchev–Trinajstić information content (AvgIpc) is 2.20. The van der Waals surface area contributed by atoms with Crippen molar-refractivity contribution in [3.8, 4) is 11.4 Å². The first-order chi connectivity index (χ1) is 7.56. The van der Waals surface area contributed by atoms with Crippen LogP contribution in [0.15, 0.2) is 18.3 Å². The molecule has 0 saturated heterocycles. The molecule has 0 aliphatic carbocycles. The van der Waals surface area contributed by atoms with Crippen LogP contribution in [0.1, 0.15) is 11.4 Å². The zero-order chi connectivity index (χ0) is 11.7. The highest BCUT2D eigenvalue weighted by molar-refractivity contribution is 14.1. The van der Waals surface area contributed by atoms with E-state index in [1.54, 1.807) is 6.20 Å². The summed E-state index contributed by atoms with van der Waals surface area (Å²) in [6, 6.07) is 3.90. The Bertz CT molecular complexity index is 522. The Hall–Kier alpha value is -0.750. The zero-order valence-corrected chi connectivity index (χ0v) is 11.7. The van der Waals surface area contributed by atoms with E-state index in [1.807, 2.05) is 26.0 Å². The maximum Gasteiger partial charge on any atom is 0.161 e. The van der Waals surface area contributed by atoms with Crippen LogP contribution in [0.3, 0.4) is 0 Å². The fraction of sp³-hybridized carbons (Fsp3) is 0.182. The summed E-state index contributed by atoms with van der Waals surface area (Å²) in [5.41, 5.74) is 2.85. The fourth-order valence-electron chi connectivity index (χ4n) is 1.45. The van der Waals surface area contributed by atoms with Crippen LogP contribution in [0.25, 0.3) is 11.4 Å². The van der Waals surface area contributed by atoms with Crippen LogP contribution in [0.5, 0.6) is 0 Å². The van der Waals surface area contributed by atoms with Gasteiger partial charge in [-0.1, -0.05) is 11.6 Å². The van der Waals surface area contributed by atoms with E-state index in [0.29, 0.717) is 11.0 Å². The van der Waals surface area contributed by atoms with Crippen molar-refractivity contribution in [3.63, 3.8) is 0 Å². The van der Waals surface area contributed by atoms with Gasteiger partial charge in [0.15, 0.2) is 5.82 Å². The molecular weight excluding hydrogens is 336 g/mol. The van der Waals surface area contributed by atoms with E-state index < -0.39 is 0 Å². The summed E-state index contributed by atoms with van der Waals surface area (Å²) in [6.07, 6.45) is 1.72. The molecule has 0 fully saturated rings. The van der Waals surface area contributed by atoms with Crippen LogP contribution < -0.4 is 0 Å². The molecule has 0 bridgehead atoms. The Kier molecular flexibility index (Phi) is 3.39. The largest absolute Gasteiger partial charge is 0.258 e. The number of aryl methyl sites for hydroxylation is 2. The van der Waals surface area contributed by atoms with Crippen molar-refractivity contribution in [2.45, 2.75) is 13.8 Å². The Labute approximate surface area is 112 Å². The topological polar surface area (TPSA) is 38.7 Å². The number of aromatic nitrogens is 3. The smallest absolute Gasteiger partial charge is 0.161 e. The molecule has 0 aliphatic rings. The summed E-state index contributed by atoms with van der Waals surface area (Å²) in [4.78, 5) is 12.8. The summed E-state index contributed by atoms with van der Waals surface area (Å²) < 4.78 is 0.852. The summed E-state index contributed by atoms with van der Waals surface area (Å²) in [7, 11) is 0.